The van der Waals surface area contributed by atoms with E-state index in [9.17, 15) is 9.18 Å². The molecule has 1 heterocycles. The van der Waals surface area contributed by atoms with Crippen molar-refractivity contribution in [3.05, 3.63) is 58.3 Å². The molecule has 0 saturated heterocycles. The van der Waals surface area contributed by atoms with Gasteiger partial charge >= 0.3 is 0 Å². The van der Waals surface area contributed by atoms with Crippen molar-refractivity contribution in [1.82, 2.24) is 0 Å². The van der Waals surface area contributed by atoms with E-state index in [1.54, 1.807) is 17.0 Å². The van der Waals surface area contributed by atoms with E-state index >= 15 is 0 Å². The van der Waals surface area contributed by atoms with Crippen molar-refractivity contribution in [3.8, 4) is 0 Å². The van der Waals surface area contributed by atoms with Gasteiger partial charge in [-0.3, -0.25) is 4.79 Å². The van der Waals surface area contributed by atoms with Crippen molar-refractivity contribution in [2.45, 2.75) is 6.54 Å². The van der Waals surface area contributed by atoms with Gasteiger partial charge in [0.15, 0.2) is 0 Å². The van der Waals surface area contributed by atoms with Crippen molar-refractivity contribution in [2.75, 3.05) is 16.8 Å². The van der Waals surface area contributed by atoms with E-state index < -0.39 is 0 Å². The quantitative estimate of drug-likeness (QED) is 0.910. The Balaban J connectivity index is 1.93. The zero-order chi connectivity index (χ0) is 14.1. The van der Waals surface area contributed by atoms with E-state index in [2.05, 4.69) is 21.2 Å². The van der Waals surface area contributed by atoms with Crippen LogP contribution in [0.3, 0.4) is 0 Å². The highest BCUT2D eigenvalue weighted by molar-refractivity contribution is 9.10. The summed E-state index contributed by atoms with van der Waals surface area (Å²) in [4.78, 5) is 13.8. The normalized spacial score (nSPS) is 13.9. The molecule has 0 aliphatic carbocycles. The van der Waals surface area contributed by atoms with Crippen molar-refractivity contribution < 1.29 is 9.18 Å². The molecular weight excluding hydrogens is 323 g/mol. The molecule has 20 heavy (non-hydrogen) atoms. The molecular formula is C15H12BrFN2O. The first-order chi connectivity index (χ1) is 9.65. The Labute approximate surface area is 124 Å². The number of halogens is 2. The van der Waals surface area contributed by atoms with Gasteiger partial charge < -0.3 is 10.2 Å². The number of benzene rings is 2. The van der Waals surface area contributed by atoms with Crippen molar-refractivity contribution in [1.29, 1.82) is 0 Å². The molecule has 3 nitrogen and oxygen atoms in total. The van der Waals surface area contributed by atoms with Crippen LogP contribution < -0.4 is 10.2 Å². The number of fused-ring (bicyclic) bond motifs is 1. The Bertz CT molecular complexity index is 675. The Hall–Kier alpha value is -1.88. The number of hydrogen-bond acceptors (Lipinski definition) is 2. The summed E-state index contributed by atoms with van der Waals surface area (Å²) in [6, 6.07) is 12.5. The SMILES string of the molecule is O=C1CNc2ccccc2N1Cc1ccc(F)c(Br)c1. The lowest BCUT2D eigenvalue weighted by Gasteiger charge is -2.30. The van der Waals surface area contributed by atoms with Crippen LogP contribution in [0.2, 0.25) is 0 Å². The Kier molecular flexibility index (Phi) is 3.44. The minimum atomic E-state index is -0.305. The number of nitrogens with one attached hydrogen (secondary N) is 1. The molecule has 1 N–H and O–H groups in total. The van der Waals surface area contributed by atoms with Crippen LogP contribution in [-0.2, 0) is 11.3 Å². The number of anilines is 2. The van der Waals surface area contributed by atoms with E-state index in [0.717, 1.165) is 16.9 Å². The Morgan fingerprint density at radius 2 is 2.05 bits per heavy atom. The van der Waals surface area contributed by atoms with Gasteiger partial charge in [-0.05, 0) is 45.8 Å². The number of para-hydroxylation sites is 2. The van der Waals surface area contributed by atoms with Gasteiger partial charge in [0.2, 0.25) is 5.91 Å². The molecule has 0 saturated carbocycles. The summed E-state index contributed by atoms with van der Waals surface area (Å²) in [6.07, 6.45) is 0. The standard InChI is InChI=1S/C15H12BrFN2O/c16-11-7-10(5-6-12(11)17)9-19-14-4-2-1-3-13(14)18-8-15(19)20/h1-7,18H,8-9H2. The third kappa shape index (κ3) is 2.41. The molecule has 0 unspecified atom stereocenters. The van der Waals surface area contributed by atoms with E-state index in [1.807, 2.05) is 24.3 Å². The zero-order valence-electron chi connectivity index (χ0n) is 10.6. The number of carbonyl (C=O) groups excluding carboxylic acids is 1. The molecule has 2 aromatic rings. The predicted molar refractivity (Wildman–Crippen MR) is 80.2 cm³/mol. The van der Waals surface area contributed by atoms with Crippen molar-refractivity contribution in [2.24, 2.45) is 0 Å². The summed E-state index contributed by atoms with van der Waals surface area (Å²) in [5.74, 6) is -0.301. The molecule has 1 aliphatic heterocycles. The van der Waals surface area contributed by atoms with Gasteiger partial charge in [-0.15, -0.1) is 0 Å². The molecule has 1 amide bonds. The van der Waals surface area contributed by atoms with Gasteiger partial charge in [-0.25, -0.2) is 4.39 Å². The highest BCUT2D eigenvalue weighted by Gasteiger charge is 2.23. The zero-order valence-corrected chi connectivity index (χ0v) is 12.2. The van der Waals surface area contributed by atoms with Crippen LogP contribution in [0, 0.1) is 5.82 Å². The fourth-order valence-electron chi connectivity index (χ4n) is 2.25. The largest absolute Gasteiger partial charge is 0.374 e. The maximum absolute atomic E-state index is 13.3. The summed E-state index contributed by atoms with van der Waals surface area (Å²) >= 11 is 3.17. The lowest BCUT2D eigenvalue weighted by molar-refractivity contribution is -0.117. The van der Waals surface area contributed by atoms with Crippen LogP contribution in [0.25, 0.3) is 0 Å². The first-order valence-electron chi connectivity index (χ1n) is 6.22. The third-order valence-corrected chi connectivity index (χ3v) is 3.86. The fraction of sp³-hybridized carbons (Fsp3) is 0.133. The number of nitrogens with zero attached hydrogens (tertiary/aromatic N) is 1. The Morgan fingerprint density at radius 1 is 1.25 bits per heavy atom. The third-order valence-electron chi connectivity index (χ3n) is 3.25. The molecule has 0 bridgehead atoms. The van der Waals surface area contributed by atoms with E-state index in [-0.39, 0.29) is 18.3 Å². The summed E-state index contributed by atoms with van der Waals surface area (Å²) in [7, 11) is 0. The average Bonchev–Trinajstić information content (AvgIpc) is 2.46. The maximum atomic E-state index is 13.3. The predicted octanol–water partition coefficient (Wildman–Crippen LogP) is 3.55. The lowest BCUT2D eigenvalue weighted by atomic mass is 10.1. The second-order valence-corrected chi connectivity index (χ2v) is 5.45. The van der Waals surface area contributed by atoms with Gasteiger partial charge in [0, 0.05) is 0 Å². The lowest BCUT2D eigenvalue weighted by Crippen LogP contribution is -2.39. The number of amides is 1. The van der Waals surface area contributed by atoms with Gasteiger partial charge in [0.05, 0.1) is 28.9 Å². The summed E-state index contributed by atoms with van der Waals surface area (Å²) in [6.45, 7) is 0.704. The molecule has 3 rings (SSSR count). The fourth-order valence-corrected chi connectivity index (χ4v) is 2.68. The maximum Gasteiger partial charge on any atom is 0.246 e. The molecule has 2 aromatic carbocycles. The van der Waals surface area contributed by atoms with Crippen molar-refractivity contribution >= 4 is 33.2 Å². The first kappa shape index (κ1) is 13.1. The van der Waals surface area contributed by atoms with E-state index in [0.29, 0.717) is 11.0 Å². The van der Waals surface area contributed by atoms with Crippen LogP contribution in [0.5, 0.6) is 0 Å². The average molecular weight is 335 g/mol. The molecule has 5 heteroatoms. The Morgan fingerprint density at radius 3 is 2.85 bits per heavy atom. The molecule has 1 aliphatic rings. The summed E-state index contributed by atoms with van der Waals surface area (Å²) in [5.41, 5.74) is 2.67. The van der Waals surface area contributed by atoms with Crippen LogP contribution in [-0.4, -0.2) is 12.5 Å². The number of carbonyl (C=O) groups is 1. The van der Waals surface area contributed by atoms with Crippen molar-refractivity contribution in [3.63, 3.8) is 0 Å². The molecule has 0 spiro atoms. The molecule has 0 aromatic heterocycles. The second kappa shape index (κ2) is 5.25. The minimum Gasteiger partial charge on any atom is -0.374 e. The highest BCUT2D eigenvalue weighted by atomic mass is 79.9. The molecule has 102 valence electrons. The highest BCUT2D eigenvalue weighted by Crippen LogP contribution is 2.30. The molecule has 0 fully saturated rings. The smallest absolute Gasteiger partial charge is 0.246 e. The number of rotatable bonds is 2. The van der Waals surface area contributed by atoms with Gasteiger partial charge in [-0.1, -0.05) is 18.2 Å². The van der Waals surface area contributed by atoms with E-state index in [1.165, 1.54) is 6.07 Å². The van der Waals surface area contributed by atoms with Gasteiger partial charge in [-0.2, -0.15) is 0 Å². The van der Waals surface area contributed by atoms with Crippen LogP contribution in [0.4, 0.5) is 15.8 Å². The van der Waals surface area contributed by atoms with E-state index in [4.69, 9.17) is 0 Å². The van der Waals surface area contributed by atoms with Gasteiger partial charge in [0.25, 0.3) is 0 Å². The first-order valence-corrected chi connectivity index (χ1v) is 7.01. The summed E-state index contributed by atoms with van der Waals surface area (Å²) in [5, 5.41) is 3.09. The summed E-state index contributed by atoms with van der Waals surface area (Å²) < 4.78 is 13.7. The minimum absolute atomic E-state index is 0.00384. The monoisotopic (exact) mass is 334 g/mol. The van der Waals surface area contributed by atoms with Crippen LogP contribution in [0.15, 0.2) is 46.9 Å². The second-order valence-electron chi connectivity index (χ2n) is 4.60. The van der Waals surface area contributed by atoms with Gasteiger partial charge in [0.1, 0.15) is 5.82 Å². The molecule has 0 atom stereocenters. The van der Waals surface area contributed by atoms with Crippen LogP contribution in [0.1, 0.15) is 5.56 Å². The molecule has 0 radical (unpaired) electrons. The topological polar surface area (TPSA) is 32.3 Å². The number of hydrogen-bond donors (Lipinski definition) is 1. The van der Waals surface area contributed by atoms with Crippen LogP contribution >= 0.6 is 15.9 Å².